The Morgan fingerprint density at radius 2 is 1.68 bits per heavy atom. The van der Waals surface area contributed by atoms with Crippen molar-refractivity contribution in [3.05, 3.63) is 76.8 Å². The summed E-state index contributed by atoms with van der Waals surface area (Å²) in [6.45, 7) is 7.58. The molecule has 5 atom stereocenters. The summed E-state index contributed by atoms with van der Waals surface area (Å²) in [5.41, 5.74) is 7.03. The van der Waals surface area contributed by atoms with Crippen LogP contribution in [0.4, 0.5) is 5.95 Å². The number of rotatable bonds is 10. The number of aromatic nitrogens is 4. The number of ether oxygens (including phenoxy) is 3. The van der Waals surface area contributed by atoms with E-state index in [1.165, 1.54) is 0 Å². The molecule has 1 unspecified atom stereocenters. The first-order valence-corrected chi connectivity index (χ1v) is 14.1. The number of fused-ring (bicyclic) bond motifs is 1. The monoisotopic (exact) mass is 572 g/mol. The zero-order valence-electron chi connectivity index (χ0n) is 22.9. The smallest absolute Gasteiger partial charge is 0.488 e. The number of imidazole rings is 1. The number of nitrogens with one attached hydrogen (secondary N) is 1. The molecule has 1 aliphatic heterocycles. The minimum atomic E-state index is -3.09. The normalized spacial score (nSPS) is 21.2. The van der Waals surface area contributed by atoms with E-state index in [2.05, 4.69) is 9.97 Å². The van der Waals surface area contributed by atoms with Crippen molar-refractivity contribution in [2.24, 2.45) is 0 Å². The van der Waals surface area contributed by atoms with Gasteiger partial charge in [-0.1, -0.05) is 59.6 Å². The standard InChI is InChI=1S/C27H34N5O7P/c1-17(2)37-22-20(15-36-40(34)35)39-26(23(22)38-18(3)4)32-16-31(21-24(32)29-27(28)30-25(21)33)14-19-12-10-8-6-5-7-9-11-13-19/h5-13,16-18,20,22-23,26H,14-15H2,1-4H3,(H2-,28,29,30,33)/p+1/t20-,22-,23-,26-/m1/s1. The maximum Gasteiger partial charge on any atom is 0.488 e. The maximum absolute atomic E-state index is 13.2. The van der Waals surface area contributed by atoms with E-state index in [1.807, 2.05) is 82.3 Å². The molecular formula is C27H35N5O7P+. The van der Waals surface area contributed by atoms with Gasteiger partial charge in [0.2, 0.25) is 11.7 Å². The molecule has 0 radical (unpaired) electrons. The molecule has 1 aromatic carbocycles. The van der Waals surface area contributed by atoms with Crippen molar-refractivity contribution in [3.63, 3.8) is 0 Å². The molecule has 1 fully saturated rings. The Morgan fingerprint density at radius 1 is 1.07 bits per heavy atom. The van der Waals surface area contributed by atoms with Crippen molar-refractivity contribution >= 4 is 25.4 Å². The average Bonchev–Trinajstić information content (AvgIpc) is 3.39. The number of H-pyrrole nitrogens is 1. The van der Waals surface area contributed by atoms with E-state index in [9.17, 15) is 14.3 Å². The SMILES string of the molecule is CC(C)O[C@@H]1[C@H](OC(C)C)[C@@H](CO[P+](=O)[O-])O[C@H]1[n+]1cn(Cc2ccccccccc2)c2c(=O)[nH]c(N)nc21. The molecule has 40 heavy (non-hydrogen) atoms. The Balaban J connectivity index is 1.84. The second-order valence-electron chi connectivity index (χ2n) is 9.91. The number of nitrogens with two attached hydrogens (primary N) is 1. The van der Waals surface area contributed by atoms with Crippen LogP contribution in [0, 0.1) is 0 Å². The highest BCUT2D eigenvalue weighted by molar-refractivity contribution is 7.30. The number of nitrogen functional groups attached to an aromatic ring is 1. The van der Waals surface area contributed by atoms with Crippen molar-refractivity contribution in [1.29, 1.82) is 0 Å². The van der Waals surface area contributed by atoms with Crippen LogP contribution in [0.15, 0.2) is 65.7 Å². The molecule has 0 spiro atoms. The van der Waals surface area contributed by atoms with Gasteiger partial charge in [-0.15, -0.1) is 4.52 Å². The van der Waals surface area contributed by atoms with Gasteiger partial charge in [-0.05, 0) is 37.8 Å². The van der Waals surface area contributed by atoms with Crippen LogP contribution in [0.5, 0.6) is 0 Å². The summed E-state index contributed by atoms with van der Waals surface area (Å²) in [5.74, 6) is -0.0563. The van der Waals surface area contributed by atoms with E-state index in [0.717, 1.165) is 5.56 Å². The van der Waals surface area contributed by atoms with Crippen molar-refractivity contribution in [2.75, 3.05) is 12.3 Å². The maximum atomic E-state index is 13.2. The number of nitrogens with zero attached hydrogens (tertiary/aromatic N) is 3. The average molecular weight is 573 g/mol. The zero-order valence-corrected chi connectivity index (χ0v) is 23.8. The van der Waals surface area contributed by atoms with Gasteiger partial charge < -0.3 is 24.8 Å². The van der Waals surface area contributed by atoms with E-state index in [-0.39, 0.29) is 35.9 Å². The van der Waals surface area contributed by atoms with Gasteiger partial charge >= 0.3 is 13.9 Å². The van der Waals surface area contributed by atoms with Crippen LogP contribution in [0.3, 0.4) is 0 Å². The predicted molar refractivity (Wildman–Crippen MR) is 146 cm³/mol. The first-order chi connectivity index (χ1) is 19.1. The lowest BCUT2D eigenvalue weighted by Gasteiger charge is -2.26. The third-order valence-electron chi connectivity index (χ3n) is 6.09. The highest BCUT2D eigenvalue weighted by Crippen LogP contribution is 2.34. The highest BCUT2D eigenvalue weighted by Gasteiger charge is 2.51. The number of anilines is 1. The summed E-state index contributed by atoms with van der Waals surface area (Å²) in [7, 11) is -3.09. The van der Waals surface area contributed by atoms with Gasteiger partial charge in [-0.25, -0.2) is 4.57 Å². The molecule has 0 amide bonds. The molecule has 1 saturated heterocycles. The first-order valence-electron chi connectivity index (χ1n) is 13.0. The van der Waals surface area contributed by atoms with Gasteiger partial charge in [0.05, 0.1) is 18.8 Å². The van der Waals surface area contributed by atoms with Crippen LogP contribution < -0.4 is 20.8 Å². The molecule has 0 aliphatic carbocycles. The molecule has 12 nitrogen and oxygen atoms in total. The van der Waals surface area contributed by atoms with Crippen molar-refractivity contribution < 1.29 is 32.8 Å². The topological polar surface area (TPSA) is 158 Å². The predicted octanol–water partition coefficient (Wildman–Crippen LogP) is 2.29. The lowest BCUT2D eigenvalue weighted by Crippen LogP contribution is -2.49. The van der Waals surface area contributed by atoms with Crippen LogP contribution in [0.25, 0.3) is 11.2 Å². The molecular weight excluding hydrogens is 537 g/mol. The molecule has 1 aliphatic rings. The summed E-state index contributed by atoms with van der Waals surface area (Å²) in [6.07, 6.45) is -1.65. The van der Waals surface area contributed by atoms with Crippen molar-refractivity contribution in [3.8, 4) is 0 Å². The van der Waals surface area contributed by atoms with E-state index < -0.39 is 38.4 Å². The number of aromatic amines is 1. The van der Waals surface area contributed by atoms with Crippen LogP contribution >= 0.6 is 8.25 Å². The molecule has 2 aromatic heterocycles. The third-order valence-corrected chi connectivity index (χ3v) is 6.45. The Bertz CT molecular complexity index is 1420. The third kappa shape index (κ3) is 7.28. The van der Waals surface area contributed by atoms with E-state index in [1.54, 1.807) is 15.5 Å². The van der Waals surface area contributed by atoms with E-state index >= 15 is 0 Å². The summed E-state index contributed by atoms with van der Waals surface area (Å²) in [4.78, 5) is 31.4. The van der Waals surface area contributed by atoms with Crippen LogP contribution in [-0.4, -0.2) is 51.7 Å². The van der Waals surface area contributed by atoms with E-state index in [4.69, 9.17) is 24.5 Å². The van der Waals surface area contributed by atoms with Gasteiger partial charge in [0.1, 0.15) is 24.9 Å². The summed E-state index contributed by atoms with van der Waals surface area (Å²) >= 11 is 0. The molecule has 3 aromatic rings. The quantitative estimate of drug-likeness (QED) is 0.275. The van der Waals surface area contributed by atoms with Crippen LogP contribution in [0.1, 0.15) is 39.5 Å². The minimum absolute atomic E-state index is 0.0563. The summed E-state index contributed by atoms with van der Waals surface area (Å²) in [6, 6.07) is 17.4. The van der Waals surface area contributed by atoms with Gasteiger partial charge in [-0.3, -0.25) is 14.3 Å². The fraction of sp³-hybridized carbons (Fsp3) is 0.444. The van der Waals surface area contributed by atoms with E-state index in [0.29, 0.717) is 6.54 Å². The number of hydrogen-bond donors (Lipinski definition) is 2. The second-order valence-corrected chi connectivity index (χ2v) is 10.6. The largest absolute Gasteiger partial charge is 0.566 e. The van der Waals surface area contributed by atoms with Gasteiger partial charge in [0.25, 0.3) is 11.5 Å². The highest BCUT2D eigenvalue weighted by atomic mass is 31.1. The molecule has 214 valence electrons. The van der Waals surface area contributed by atoms with Gasteiger partial charge in [0, 0.05) is 0 Å². The molecule has 4 rings (SSSR count). The summed E-state index contributed by atoms with van der Waals surface area (Å²) < 4.78 is 38.3. The molecule has 3 N–H and O–H groups in total. The Morgan fingerprint density at radius 3 is 2.27 bits per heavy atom. The van der Waals surface area contributed by atoms with Gasteiger partial charge in [-0.2, -0.15) is 0 Å². The zero-order chi connectivity index (χ0) is 28.8. The Kier molecular flexibility index (Phi) is 9.96. The lowest BCUT2D eigenvalue weighted by molar-refractivity contribution is -0.746. The minimum Gasteiger partial charge on any atom is -0.566 e. The molecule has 13 heteroatoms. The Hall–Kier alpha value is -3.25. The van der Waals surface area contributed by atoms with Crippen molar-refractivity contribution in [2.45, 2.75) is 71.0 Å². The lowest BCUT2D eigenvalue weighted by atomic mass is 10.1. The molecule has 0 bridgehead atoms. The van der Waals surface area contributed by atoms with Crippen LogP contribution in [0.2, 0.25) is 0 Å². The number of hydrogen-bond acceptors (Lipinski definition) is 9. The Labute approximate surface area is 233 Å². The molecule has 0 saturated carbocycles. The first kappa shape index (κ1) is 29.7. The van der Waals surface area contributed by atoms with Gasteiger partial charge in [0.15, 0.2) is 6.33 Å². The molecule has 3 heterocycles. The fourth-order valence-electron chi connectivity index (χ4n) is 4.65. The van der Waals surface area contributed by atoms with Crippen molar-refractivity contribution in [1.82, 2.24) is 14.5 Å². The second kappa shape index (κ2) is 13.4. The van der Waals surface area contributed by atoms with Crippen LogP contribution in [-0.2, 0) is 29.8 Å². The fourth-order valence-corrected chi connectivity index (χ4v) is 4.92. The summed E-state index contributed by atoms with van der Waals surface area (Å²) in [5, 5.41) is 0.